The number of thiol groups is 2. The van der Waals surface area contributed by atoms with Crippen molar-refractivity contribution in [2.24, 2.45) is 0 Å². The lowest BCUT2D eigenvalue weighted by Crippen LogP contribution is -1.49. The minimum Gasteiger partial charge on any atom is -0.483 e. The van der Waals surface area contributed by atoms with E-state index in [1.807, 2.05) is 0 Å². The summed E-state index contributed by atoms with van der Waals surface area (Å²) in [6.45, 7) is -0.250. The van der Waals surface area contributed by atoms with Crippen LogP contribution in [0.2, 0.25) is 0 Å². The van der Waals surface area contributed by atoms with Crippen LogP contribution in [0.4, 0.5) is 0 Å². The van der Waals surface area contributed by atoms with Crippen LogP contribution in [0, 0.1) is 0 Å². The average molecular weight is 129 g/mol. The van der Waals surface area contributed by atoms with Crippen molar-refractivity contribution in [1.29, 1.82) is 0 Å². The van der Waals surface area contributed by atoms with E-state index in [-0.39, 0.29) is 12.6 Å². The van der Waals surface area contributed by atoms with Crippen LogP contribution < -0.4 is 6.15 Å². The predicted molar refractivity (Wildman–Crippen MR) is 31.7 cm³/mol. The van der Waals surface area contributed by atoms with E-state index in [1.165, 1.54) is 0 Å². The number of carbonyl (C=O) groups is 1. The largest absolute Gasteiger partial charge is 0.483 e. The van der Waals surface area contributed by atoms with Gasteiger partial charge < -0.3 is 11.3 Å². The van der Waals surface area contributed by atoms with E-state index >= 15 is 0 Å². The van der Waals surface area contributed by atoms with E-state index in [4.69, 9.17) is 9.90 Å². The summed E-state index contributed by atoms with van der Waals surface area (Å²) in [5.41, 5.74) is 0. The van der Waals surface area contributed by atoms with Gasteiger partial charge in [-0.15, -0.1) is 23.3 Å². The highest BCUT2D eigenvalue weighted by molar-refractivity contribution is 8.59. The summed E-state index contributed by atoms with van der Waals surface area (Å²) < 4.78 is 0. The SMILES string of the molecule is N.O=CO.SS. The van der Waals surface area contributed by atoms with E-state index in [1.54, 1.807) is 0 Å². The molecule has 0 amide bonds. The van der Waals surface area contributed by atoms with E-state index < -0.39 is 0 Å². The average Bonchev–Trinajstić information content (AvgIpc) is 1.46. The Balaban J connectivity index is -0.0000000275. The first-order valence-electron chi connectivity index (χ1n) is 0.694. The van der Waals surface area contributed by atoms with Gasteiger partial charge in [-0.25, -0.2) is 0 Å². The summed E-state index contributed by atoms with van der Waals surface area (Å²) in [5, 5.41) is 6.89. The number of rotatable bonds is 0. The third-order valence-corrected chi connectivity index (χ3v) is 0. The van der Waals surface area contributed by atoms with E-state index in [9.17, 15) is 0 Å². The summed E-state index contributed by atoms with van der Waals surface area (Å²) in [4.78, 5) is 8.36. The molecule has 4 N–H and O–H groups in total. The monoisotopic (exact) mass is 129 g/mol. The molecule has 3 nitrogen and oxygen atoms in total. The molecule has 0 aliphatic rings. The van der Waals surface area contributed by atoms with Crippen molar-refractivity contribution in [1.82, 2.24) is 6.15 Å². The molecular formula is CH7NO2S2. The second-order valence-electron chi connectivity index (χ2n) is 0.105. The van der Waals surface area contributed by atoms with Crippen LogP contribution in [-0.2, 0) is 4.79 Å². The molecule has 0 aliphatic heterocycles. The predicted octanol–water partition coefficient (Wildman–Crippen LogP) is 0.624. The number of hydrogen-bond acceptors (Lipinski definition) is 4. The minimum absolute atomic E-state index is 0. The molecule has 0 atom stereocenters. The molecule has 0 rings (SSSR count). The molecule has 0 saturated carbocycles. The van der Waals surface area contributed by atoms with Crippen LogP contribution >= 0.6 is 23.3 Å². The third-order valence-electron chi connectivity index (χ3n) is 0. The molecule has 0 heterocycles. The van der Waals surface area contributed by atoms with Crippen molar-refractivity contribution in [2.75, 3.05) is 0 Å². The van der Waals surface area contributed by atoms with Gasteiger partial charge in [0.05, 0.1) is 0 Å². The molecule has 0 bridgehead atoms. The van der Waals surface area contributed by atoms with Gasteiger partial charge in [-0.1, -0.05) is 0 Å². The Kier molecular flexibility index (Phi) is 188. The maximum atomic E-state index is 8.36. The first kappa shape index (κ1) is 16.5. The van der Waals surface area contributed by atoms with Crippen LogP contribution in [0.5, 0.6) is 0 Å². The zero-order valence-corrected chi connectivity index (χ0v) is 4.82. The molecule has 0 saturated heterocycles. The zero-order valence-electron chi connectivity index (χ0n) is 3.03. The van der Waals surface area contributed by atoms with E-state index in [2.05, 4.69) is 23.3 Å². The zero-order chi connectivity index (χ0) is 4.71. The fraction of sp³-hybridized carbons (Fsp3) is 0. The molecule has 0 spiro atoms. The summed E-state index contributed by atoms with van der Waals surface area (Å²) in [6.07, 6.45) is 0. The van der Waals surface area contributed by atoms with Crippen molar-refractivity contribution < 1.29 is 9.90 Å². The summed E-state index contributed by atoms with van der Waals surface area (Å²) in [5.74, 6) is 0. The van der Waals surface area contributed by atoms with Crippen LogP contribution in [0.3, 0.4) is 0 Å². The molecular weight excluding hydrogens is 122 g/mol. The normalized spacial score (nSPS) is 3.00. The van der Waals surface area contributed by atoms with Gasteiger partial charge >= 0.3 is 0 Å². The third kappa shape index (κ3) is 2390. The highest BCUT2D eigenvalue weighted by Crippen LogP contribution is 1.65. The Labute approximate surface area is 46.5 Å². The van der Waals surface area contributed by atoms with E-state index in [0.29, 0.717) is 0 Å². The Morgan fingerprint density at radius 3 is 1.50 bits per heavy atom. The van der Waals surface area contributed by atoms with E-state index in [0.717, 1.165) is 0 Å². The molecule has 5 heteroatoms. The fourth-order valence-corrected chi connectivity index (χ4v) is 0. The summed E-state index contributed by atoms with van der Waals surface area (Å²) in [6, 6.07) is 0. The maximum Gasteiger partial charge on any atom is 0.290 e. The number of hydrogen-bond donors (Lipinski definition) is 4. The standard InChI is InChI=1S/CH2O2.H3N.H2S2/c2-1-3;;1-2/h1H,(H,2,3);1H3;1-2H. The molecule has 0 fully saturated rings. The van der Waals surface area contributed by atoms with Crippen molar-refractivity contribution in [3.63, 3.8) is 0 Å². The van der Waals surface area contributed by atoms with Gasteiger partial charge in [0, 0.05) is 0 Å². The van der Waals surface area contributed by atoms with Crippen LogP contribution in [0.1, 0.15) is 0 Å². The highest BCUT2D eigenvalue weighted by atomic mass is 33.1. The molecule has 0 aromatic heterocycles. The Morgan fingerprint density at radius 1 is 1.50 bits per heavy atom. The number of carboxylic acid groups (broad SMARTS) is 1. The molecule has 40 valence electrons. The van der Waals surface area contributed by atoms with Gasteiger partial charge in [0.15, 0.2) is 0 Å². The molecule has 0 unspecified atom stereocenters. The van der Waals surface area contributed by atoms with Gasteiger partial charge in [0.2, 0.25) is 0 Å². The van der Waals surface area contributed by atoms with Crippen LogP contribution in [-0.4, -0.2) is 11.6 Å². The van der Waals surface area contributed by atoms with Crippen molar-refractivity contribution in [3.05, 3.63) is 0 Å². The topological polar surface area (TPSA) is 72.3 Å². The molecule has 6 heavy (non-hydrogen) atoms. The van der Waals surface area contributed by atoms with Gasteiger partial charge in [0.1, 0.15) is 0 Å². The quantitative estimate of drug-likeness (QED) is 0.220. The Hall–Kier alpha value is 0.130. The van der Waals surface area contributed by atoms with Crippen LogP contribution in [0.15, 0.2) is 0 Å². The highest BCUT2D eigenvalue weighted by Gasteiger charge is 1.22. The molecule has 0 aromatic carbocycles. The second-order valence-corrected chi connectivity index (χ2v) is 0.105. The lowest BCUT2D eigenvalue weighted by molar-refractivity contribution is -0.122. The molecule has 0 aliphatic carbocycles. The van der Waals surface area contributed by atoms with Gasteiger partial charge in [-0.05, 0) is 0 Å². The minimum atomic E-state index is -0.250. The summed E-state index contributed by atoms with van der Waals surface area (Å²) in [7, 11) is 0. The van der Waals surface area contributed by atoms with Crippen molar-refractivity contribution in [2.45, 2.75) is 0 Å². The van der Waals surface area contributed by atoms with Gasteiger partial charge in [-0.3, -0.25) is 4.79 Å². The second kappa shape index (κ2) is 68.5. The molecule has 0 radical (unpaired) electrons. The van der Waals surface area contributed by atoms with Gasteiger partial charge in [0.25, 0.3) is 6.47 Å². The lowest BCUT2D eigenvalue weighted by atomic mass is 11.7. The van der Waals surface area contributed by atoms with Crippen molar-refractivity contribution >= 4 is 29.8 Å². The lowest BCUT2D eigenvalue weighted by Gasteiger charge is -1.34. The first-order chi connectivity index (χ1) is 2.41. The Morgan fingerprint density at radius 2 is 1.50 bits per heavy atom. The maximum absolute atomic E-state index is 8.36. The smallest absolute Gasteiger partial charge is 0.290 e. The van der Waals surface area contributed by atoms with Crippen LogP contribution in [0.25, 0.3) is 0 Å². The first-order valence-corrected chi connectivity index (χ1v) is 2.29. The summed E-state index contributed by atoms with van der Waals surface area (Å²) >= 11 is 6.44. The van der Waals surface area contributed by atoms with Gasteiger partial charge in [-0.2, -0.15) is 0 Å². The fourth-order valence-electron chi connectivity index (χ4n) is 0. The Bertz CT molecular complexity index is 19.0. The van der Waals surface area contributed by atoms with Crippen molar-refractivity contribution in [3.8, 4) is 0 Å². The molecule has 0 aromatic rings.